The van der Waals surface area contributed by atoms with E-state index in [2.05, 4.69) is 16.0 Å². The molecule has 2 fully saturated rings. The number of β-amino-alcohol motifs (C(OH)–C–C–N with tert-alkyl or cyclic N) is 1. The number of fused-ring (bicyclic) bond motifs is 1. The Morgan fingerprint density at radius 1 is 1.19 bits per heavy atom. The minimum atomic E-state index is -0.588. The van der Waals surface area contributed by atoms with Gasteiger partial charge in [-0.1, -0.05) is 24.3 Å². The molecule has 32 heavy (non-hydrogen) atoms. The van der Waals surface area contributed by atoms with Gasteiger partial charge in [0.2, 0.25) is 11.7 Å². The third-order valence-electron chi connectivity index (χ3n) is 6.70. The van der Waals surface area contributed by atoms with Crippen LogP contribution in [0.4, 0.5) is 0 Å². The smallest absolute Gasteiger partial charge is 0.274 e. The van der Waals surface area contributed by atoms with Crippen LogP contribution in [-0.2, 0) is 13.0 Å². The number of aliphatic hydroxyl groups is 1. The lowest BCUT2D eigenvalue weighted by atomic mass is 9.86. The molecule has 5 rings (SSSR count). The lowest BCUT2D eigenvalue weighted by molar-refractivity contribution is 0.0194. The second kappa shape index (κ2) is 8.52. The SMILES string of the molecule is COc1nc2nc(C(=O)N3CCC(Cc4ccccc4CN)C(O)C3)cn2cc1C1CC1. The Hall–Kier alpha value is -2.97. The fourth-order valence-corrected chi connectivity index (χ4v) is 4.67. The van der Waals surface area contributed by atoms with E-state index in [0.29, 0.717) is 42.9 Å². The second-order valence-electron chi connectivity index (χ2n) is 8.86. The number of benzene rings is 1. The number of nitrogens with zero attached hydrogens (tertiary/aromatic N) is 4. The van der Waals surface area contributed by atoms with E-state index in [9.17, 15) is 9.90 Å². The fourth-order valence-electron chi connectivity index (χ4n) is 4.67. The number of ether oxygens (including phenoxy) is 1. The molecule has 1 aliphatic carbocycles. The Morgan fingerprint density at radius 3 is 2.66 bits per heavy atom. The Bertz CT molecular complexity index is 1140. The maximum Gasteiger partial charge on any atom is 0.274 e. The van der Waals surface area contributed by atoms with E-state index in [1.54, 1.807) is 22.6 Å². The van der Waals surface area contributed by atoms with Crippen molar-refractivity contribution in [3.8, 4) is 5.88 Å². The number of carbonyl (C=O) groups excluding carboxylic acids is 1. The summed E-state index contributed by atoms with van der Waals surface area (Å²) in [6.07, 6.45) is 6.87. The first-order chi connectivity index (χ1) is 15.6. The minimum absolute atomic E-state index is 0.0971. The summed E-state index contributed by atoms with van der Waals surface area (Å²) in [7, 11) is 1.61. The normalized spacial score (nSPS) is 21.2. The Labute approximate surface area is 187 Å². The van der Waals surface area contributed by atoms with E-state index < -0.39 is 6.10 Å². The monoisotopic (exact) mass is 435 g/mol. The molecule has 1 aliphatic heterocycles. The van der Waals surface area contributed by atoms with Gasteiger partial charge in [-0.05, 0) is 48.6 Å². The molecule has 3 aromatic rings. The zero-order valence-corrected chi connectivity index (χ0v) is 18.3. The van der Waals surface area contributed by atoms with Crippen LogP contribution >= 0.6 is 0 Å². The molecule has 2 unspecified atom stereocenters. The number of methoxy groups -OCH3 is 1. The average molecular weight is 436 g/mol. The summed E-state index contributed by atoms with van der Waals surface area (Å²) in [5, 5.41) is 10.8. The van der Waals surface area contributed by atoms with E-state index in [4.69, 9.17) is 10.5 Å². The minimum Gasteiger partial charge on any atom is -0.481 e. The number of imidazole rings is 1. The summed E-state index contributed by atoms with van der Waals surface area (Å²) in [6, 6.07) is 8.08. The zero-order chi connectivity index (χ0) is 22.2. The maximum atomic E-state index is 13.1. The largest absolute Gasteiger partial charge is 0.481 e. The van der Waals surface area contributed by atoms with Crippen LogP contribution in [0.3, 0.4) is 0 Å². The van der Waals surface area contributed by atoms with Crippen molar-refractivity contribution < 1.29 is 14.6 Å². The third kappa shape index (κ3) is 3.96. The standard InChI is InChI=1S/C24H29N5O3/c1-32-22-19(15-6-7-15)12-29-13-20(26-24(29)27-22)23(31)28-9-8-17(21(30)14-28)10-16-4-2-3-5-18(16)11-25/h2-5,12-13,15,17,21,30H,6-11,14,25H2,1H3. The topological polar surface area (TPSA) is 106 Å². The quantitative estimate of drug-likeness (QED) is 0.615. The Kier molecular flexibility index (Phi) is 5.57. The summed E-state index contributed by atoms with van der Waals surface area (Å²) in [6.45, 7) is 1.37. The predicted molar refractivity (Wildman–Crippen MR) is 120 cm³/mol. The molecular formula is C24H29N5O3. The number of hydrogen-bond donors (Lipinski definition) is 2. The summed E-state index contributed by atoms with van der Waals surface area (Å²) in [4.78, 5) is 23.8. The summed E-state index contributed by atoms with van der Waals surface area (Å²) in [5.41, 5.74) is 9.54. The molecule has 8 nitrogen and oxygen atoms in total. The predicted octanol–water partition coefficient (Wildman–Crippen LogP) is 2.14. The van der Waals surface area contributed by atoms with Gasteiger partial charge in [0.1, 0.15) is 5.69 Å². The van der Waals surface area contributed by atoms with Gasteiger partial charge < -0.3 is 20.5 Å². The van der Waals surface area contributed by atoms with Gasteiger partial charge in [-0.25, -0.2) is 4.98 Å². The third-order valence-corrected chi connectivity index (χ3v) is 6.70. The lowest BCUT2D eigenvalue weighted by Crippen LogP contribution is -2.47. The number of aromatic nitrogens is 3. The molecule has 0 bridgehead atoms. The molecular weight excluding hydrogens is 406 g/mol. The molecule has 168 valence electrons. The van der Waals surface area contributed by atoms with Crippen LogP contribution in [0.25, 0.3) is 5.78 Å². The molecule has 3 heterocycles. The fraction of sp³-hybridized carbons (Fsp3) is 0.458. The van der Waals surface area contributed by atoms with Gasteiger partial charge in [-0.15, -0.1) is 0 Å². The molecule has 1 saturated carbocycles. The van der Waals surface area contributed by atoms with Gasteiger partial charge >= 0.3 is 0 Å². The van der Waals surface area contributed by atoms with Crippen molar-refractivity contribution in [2.24, 2.45) is 11.7 Å². The molecule has 0 spiro atoms. The number of hydrogen-bond acceptors (Lipinski definition) is 6. The van der Waals surface area contributed by atoms with Crippen LogP contribution in [0.2, 0.25) is 0 Å². The number of aliphatic hydroxyl groups excluding tert-OH is 1. The van der Waals surface area contributed by atoms with Crippen molar-refractivity contribution in [3.63, 3.8) is 0 Å². The number of rotatable bonds is 6. The van der Waals surface area contributed by atoms with Gasteiger partial charge in [0, 0.05) is 37.6 Å². The van der Waals surface area contributed by atoms with Gasteiger partial charge in [-0.2, -0.15) is 4.98 Å². The highest BCUT2D eigenvalue weighted by Crippen LogP contribution is 2.43. The molecule has 1 amide bonds. The second-order valence-corrected chi connectivity index (χ2v) is 8.86. The van der Waals surface area contributed by atoms with Crippen molar-refractivity contribution in [3.05, 3.63) is 59.0 Å². The Morgan fingerprint density at radius 2 is 1.97 bits per heavy atom. The first kappa shape index (κ1) is 20.9. The summed E-state index contributed by atoms with van der Waals surface area (Å²) >= 11 is 0. The van der Waals surface area contributed by atoms with Crippen LogP contribution in [0.5, 0.6) is 5.88 Å². The molecule has 1 aromatic carbocycles. The van der Waals surface area contributed by atoms with Gasteiger partial charge in [-0.3, -0.25) is 9.20 Å². The molecule has 0 radical (unpaired) electrons. The highest BCUT2D eigenvalue weighted by Gasteiger charge is 2.33. The number of piperidine rings is 1. The highest BCUT2D eigenvalue weighted by molar-refractivity contribution is 5.92. The van der Waals surface area contributed by atoms with Crippen molar-refractivity contribution in [2.45, 2.75) is 44.2 Å². The number of likely N-dealkylation sites (tertiary alicyclic amines) is 1. The van der Waals surface area contributed by atoms with Crippen molar-refractivity contribution >= 4 is 11.7 Å². The molecule has 1 saturated heterocycles. The lowest BCUT2D eigenvalue weighted by Gasteiger charge is -2.36. The van der Waals surface area contributed by atoms with Crippen molar-refractivity contribution in [1.82, 2.24) is 19.3 Å². The highest BCUT2D eigenvalue weighted by atomic mass is 16.5. The number of carbonyl (C=O) groups is 1. The average Bonchev–Trinajstić information content (AvgIpc) is 3.58. The van der Waals surface area contributed by atoms with E-state index in [1.165, 1.54) is 5.56 Å². The molecule has 3 N–H and O–H groups in total. The van der Waals surface area contributed by atoms with E-state index in [-0.39, 0.29) is 11.8 Å². The summed E-state index contributed by atoms with van der Waals surface area (Å²) < 4.78 is 7.23. The van der Waals surface area contributed by atoms with Crippen molar-refractivity contribution in [2.75, 3.05) is 20.2 Å². The molecule has 2 aliphatic rings. The first-order valence-corrected chi connectivity index (χ1v) is 11.2. The molecule has 2 atom stereocenters. The van der Waals surface area contributed by atoms with Gasteiger partial charge in [0.15, 0.2) is 0 Å². The van der Waals surface area contributed by atoms with Gasteiger partial charge in [0.05, 0.1) is 13.2 Å². The molecule has 2 aromatic heterocycles. The van der Waals surface area contributed by atoms with E-state index in [1.807, 2.05) is 24.4 Å². The number of nitrogens with two attached hydrogens (primary N) is 1. The Balaban J connectivity index is 1.30. The van der Waals surface area contributed by atoms with E-state index >= 15 is 0 Å². The van der Waals surface area contributed by atoms with Crippen LogP contribution in [0.15, 0.2) is 36.7 Å². The zero-order valence-electron chi connectivity index (χ0n) is 18.3. The van der Waals surface area contributed by atoms with Crippen molar-refractivity contribution in [1.29, 1.82) is 0 Å². The summed E-state index contributed by atoms with van der Waals surface area (Å²) in [5.74, 6) is 1.42. The van der Waals surface area contributed by atoms with Crippen LogP contribution < -0.4 is 10.5 Å². The van der Waals surface area contributed by atoms with Crippen LogP contribution in [0.1, 0.15) is 52.4 Å². The van der Waals surface area contributed by atoms with E-state index in [0.717, 1.165) is 36.8 Å². The number of amides is 1. The van der Waals surface area contributed by atoms with Crippen LogP contribution in [-0.4, -0.2) is 56.6 Å². The van der Waals surface area contributed by atoms with Gasteiger partial charge in [0.25, 0.3) is 5.91 Å². The first-order valence-electron chi connectivity index (χ1n) is 11.2. The maximum absolute atomic E-state index is 13.1. The molecule has 8 heteroatoms. The van der Waals surface area contributed by atoms with Crippen LogP contribution in [0, 0.1) is 5.92 Å².